The smallest absolute Gasteiger partial charge is 0.352 e. The van der Waals surface area contributed by atoms with Gasteiger partial charge in [-0.05, 0) is 32.3 Å². The normalized spacial score (nSPS) is 15.4. The van der Waals surface area contributed by atoms with E-state index in [1.165, 1.54) is 0 Å². The van der Waals surface area contributed by atoms with Crippen molar-refractivity contribution in [2.75, 3.05) is 26.2 Å². The molecule has 1 aliphatic rings. The molecule has 0 aliphatic carbocycles. The second kappa shape index (κ2) is 5.80. The number of para-hydroxylation sites is 1. The Bertz CT molecular complexity index is 447. The minimum atomic E-state index is -0.0475. The van der Waals surface area contributed by atoms with Crippen molar-refractivity contribution < 1.29 is 34.4 Å². The summed E-state index contributed by atoms with van der Waals surface area (Å²) >= 11 is 0. The summed E-state index contributed by atoms with van der Waals surface area (Å²) in [6, 6.07) is 10.2. The molecular formula is C13H16N3NaO. The third kappa shape index (κ3) is 2.42. The summed E-state index contributed by atoms with van der Waals surface area (Å²) in [4.78, 5) is 14.1. The van der Waals surface area contributed by atoms with Crippen LogP contribution in [0.2, 0.25) is 0 Å². The average molecular weight is 253 g/mol. The van der Waals surface area contributed by atoms with Gasteiger partial charge < -0.3 is 9.91 Å². The quantitative estimate of drug-likeness (QED) is 0.474. The topological polar surface area (TPSA) is 26.8 Å². The van der Waals surface area contributed by atoms with Gasteiger partial charge in [0.1, 0.15) is 0 Å². The maximum Gasteiger partial charge on any atom is 1.00 e. The van der Waals surface area contributed by atoms with Crippen LogP contribution in [-0.4, -0.2) is 37.0 Å². The maximum absolute atomic E-state index is 12.3. The van der Waals surface area contributed by atoms with Crippen LogP contribution in [0.1, 0.15) is 0 Å². The molecule has 90 valence electrons. The number of rotatable bonds is 2. The maximum atomic E-state index is 12.3. The predicted octanol–water partition coefficient (Wildman–Crippen LogP) is -1.51. The summed E-state index contributed by atoms with van der Waals surface area (Å²) in [5.41, 5.74) is 1.56. The van der Waals surface area contributed by atoms with E-state index in [0.29, 0.717) is 11.7 Å². The number of benzene rings is 1. The van der Waals surface area contributed by atoms with Gasteiger partial charge in [0, 0.05) is 7.05 Å². The molecule has 1 aromatic carbocycles. The minimum absolute atomic E-state index is 0. The number of hydrogen-bond donors (Lipinski definition) is 0. The second-order valence-electron chi connectivity index (χ2n) is 4.17. The van der Waals surface area contributed by atoms with Gasteiger partial charge in [-0.2, -0.15) is 0 Å². The van der Waals surface area contributed by atoms with E-state index >= 15 is 0 Å². The molecule has 2 rings (SSSR count). The molecular weight excluding hydrogens is 237 g/mol. The van der Waals surface area contributed by atoms with Crippen molar-refractivity contribution in [1.29, 1.82) is 0 Å². The fourth-order valence-electron chi connectivity index (χ4n) is 1.94. The second-order valence-corrected chi connectivity index (χ2v) is 4.17. The fraction of sp³-hybridized carbons (Fsp3) is 0.231. The molecule has 0 atom stereocenters. The van der Waals surface area contributed by atoms with Crippen LogP contribution >= 0.6 is 0 Å². The molecule has 0 bridgehead atoms. The number of amides is 1. The zero-order valence-electron chi connectivity index (χ0n) is 11.3. The van der Waals surface area contributed by atoms with Gasteiger partial charge in [0.2, 0.25) is 5.91 Å². The molecule has 0 radical (unpaired) electrons. The van der Waals surface area contributed by atoms with Gasteiger partial charge in [-0.15, -0.1) is 0 Å². The Morgan fingerprint density at radius 1 is 1.22 bits per heavy atom. The van der Waals surface area contributed by atoms with Gasteiger partial charge >= 0.3 is 29.6 Å². The molecule has 4 nitrogen and oxygen atoms in total. The SMILES string of the molecule is C=C1[C-](N(C)C)C(=O)N(c2ccccc2)N1C.[Na+]. The predicted molar refractivity (Wildman–Crippen MR) is 67.8 cm³/mol. The van der Waals surface area contributed by atoms with Crippen molar-refractivity contribution in [3.63, 3.8) is 0 Å². The van der Waals surface area contributed by atoms with Crippen LogP contribution in [0.4, 0.5) is 5.69 Å². The molecule has 0 N–H and O–H groups in total. The van der Waals surface area contributed by atoms with Gasteiger partial charge in [-0.3, -0.25) is 4.79 Å². The van der Waals surface area contributed by atoms with Crippen molar-refractivity contribution >= 4 is 11.6 Å². The molecule has 1 saturated heterocycles. The monoisotopic (exact) mass is 253 g/mol. The van der Waals surface area contributed by atoms with Crippen LogP contribution in [0.3, 0.4) is 0 Å². The third-order valence-corrected chi connectivity index (χ3v) is 2.81. The first-order chi connectivity index (χ1) is 8.04. The van der Waals surface area contributed by atoms with Gasteiger partial charge in [-0.25, -0.2) is 11.6 Å². The number of nitrogens with zero attached hydrogens (tertiary/aromatic N) is 3. The van der Waals surface area contributed by atoms with Gasteiger partial charge in [0.15, 0.2) is 0 Å². The van der Waals surface area contributed by atoms with Gasteiger partial charge in [0.25, 0.3) is 0 Å². The molecule has 5 heteroatoms. The minimum Gasteiger partial charge on any atom is -0.352 e. The van der Waals surface area contributed by atoms with E-state index in [-0.39, 0.29) is 35.5 Å². The Morgan fingerprint density at radius 3 is 2.22 bits per heavy atom. The van der Waals surface area contributed by atoms with Gasteiger partial charge in [0.05, 0.1) is 5.69 Å². The zero-order valence-corrected chi connectivity index (χ0v) is 13.3. The molecule has 0 saturated carbocycles. The first kappa shape index (κ1) is 15.1. The van der Waals surface area contributed by atoms with E-state index in [2.05, 4.69) is 6.58 Å². The van der Waals surface area contributed by atoms with E-state index in [1.807, 2.05) is 51.5 Å². The Kier molecular flexibility index (Phi) is 4.87. The first-order valence-electron chi connectivity index (χ1n) is 5.40. The van der Waals surface area contributed by atoms with E-state index in [9.17, 15) is 4.79 Å². The summed E-state index contributed by atoms with van der Waals surface area (Å²) in [5.74, 6) is -0.0475. The van der Waals surface area contributed by atoms with E-state index < -0.39 is 0 Å². The van der Waals surface area contributed by atoms with Crippen LogP contribution in [-0.2, 0) is 4.79 Å². The van der Waals surface area contributed by atoms with Crippen LogP contribution in [0.5, 0.6) is 0 Å². The summed E-state index contributed by atoms with van der Waals surface area (Å²) in [7, 11) is 5.53. The van der Waals surface area contributed by atoms with Crippen LogP contribution in [0.25, 0.3) is 0 Å². The molecule has 0 aromatic heterocycles. The Balaban J connectivity index is 0.00000162. The summed E-state index contributed by atoms with van der Waals surface area (Å²) in [6.07, 6.45) is 0. The molecule has 1 aromatic rings. The van der Waals surface area contributed by atoms with Crippen LogP contribution in [0.15, 0.2) is 42.6 Å². The van der Waals surface area contributed by atoms with Gasteiger partial charge in [-0.1, -0.05) is 23.9 Å². The molecule has 1 aliphatic heterocycles. The molecule has 0 unspecified atom stereocenters. The molecule has 1 heterocycles. The largest absolute Gasteiger partial charge is 1.00 e. The van der Waals surface area contributed by atoms with Crippen molar-refractivity contribution in [1.82, 2.24) is 9.91 Å². The van der Waals surface area contributed by atoms with Crippen molar-refractivity contribution in [3.8, 4) is 0 Å². The molecule has 18 heavy (non-hydrogen) atoms. The molecule has 1 fully saturated rings. The molecule has 1 amide bonds. The van der Waals surface area contributed by atoms with E-state index in [0.717, 1.165) is 5.69 Å². The zero-order chi connectivity index (χ0) is 12.6. The van der Waals surface area contributed by atoms with Crippen LogP contribution in [0, 0.1) is 6.04 Å². The first-order valence-corrected chi connectivity index (χ1v) is 5.40. The number of hydrogen-bond acceptors (Lipinski definition) is 3. The number of carbonyl (C=O) groups excluding carboxylic acids is 1. The third-order valence-electron chi connectivity index (χ3n) is 2.81. The molecule has 0 spiro atoms. The number of hydrazine groups is 1. The number of carbonyl (C=O) groups is 1. The number of likely N-dealkylation sites (N-methyl/N-ethyl adjacent to an activating group) is 2. The van der Waals surface area contributed by atoms with Crippen molar-refractivity contribution in [2.45, 2.75) is 0 Å². The fourth-order valence-corrected chi connectivity index (χ4v) is 1.94. The summed E-state index contributed by atoms with van der Waals surface area (Å²) < 4.78 is 0. The Labute approximate surface area is 130 Å². The van der Waals surface area contributed by atoms with Crippen molar-refractivity contribution in [3.05, 3.63) is 48.6 Å². The Hall–Kier alpha value is -0.940. The van der Waals surface area contributed by atoms with E-state index in [4.69, 9.17) is 0 Å². The van der Waals surface area contributed by atoms with Crippen LogP contribution < -0.4 is 34.6 Å². The standard InChI is InChI=1S/C13H16N3O.Na/c1-10-12(14(2)3)13(17)16(15(10)4)11-8-6-5-7-9-11;/h5-9H,1H2,2-4H3;/q-1;+1. The summed E-state index contributed by atoms with van der Waals surface area (Å²) in [5, 5.41) is 3.39. The Morgan fingerprint density at radius 2 is 1.78 bits per heavy atom. The number of anilines is 1. The van der Waals surface area contributed by atoms with E-state index in [1.54, 1.807) is 14.9 Å². The van der Waals surface area contributed by atoms with Crippen molar-refractivity contribution in [2.24, 2.45) is 0 Å². The average Bonchev–Trinajstić information content (AvgIpc) is 2.51. The summed E-state index contributed by atoms with van der Waals surface area (Å²) in [6.45, 7) is 3.95.